The van der Waals surface area contributed by atoms with E-state index < -0.39 is 10.4 Å². The summed E-state index contributed by atoms with van der Waals surface area (Å²) < 4.78 is 31.1. The minimum atomic E-state index is -3.77. The maximum absolute atomic E-state index is 11.0. The summed E-state index contributed by atoms with van der Waals surface area (Å²) in [6.45, 7) is 6.87. The van der Waals surface area contributed by atoms with Gasteiger partial charge in [-0.15, -0.1) is 0 Å². The van der Waals surface area contributed by atoms with Crippen LogP contribution in [0, 0.1) is 11.8 Å². The molecule has 0 fully saturated rings. The molecule has 4 nitrogen and oxygen atoms in total. The first kappa shape index (κ1) is 22.9. The molecule has 0 aromatic rings. The standard InChI is InChI=1S/C18H38O4S/c1-5-6-10-13-17(2)14-11-8-7-9-12-15-18(3)16-22-23(19,20)21-4/h17-18H,5-16H2,1-4H3. The molecule has 2 atom stereocenters. The van der Waals surface area contributed by atoms with Gasteiger partial charge in [-0.3, -0.25) is 4.18 Å². The minimum absolute atomic E-state index is 0.214. The minimum Gasteiger partial charge on any atom is -0.252 e. The second kappa shape index (κ2) is 14.2. The largest absolute Gasteiger partial charge is 0.399 e. The third kappa shape index (κ3) is 15.2. The Balaban J connectivity index is 3.41. The Morgan fingerprint density at radius 1 is 0.783 bits per heavy atom. The van der Waals surface area contributed by atoms with Gasteiger partial charge < -0.3 is 0 Å². The van der Waals surface area contributed by atoms with Gasteiger partial charge in [0.1, 0.15) is 0 Å². The van der Waals surface area contributed by atoms with Crippen molar-refractivity contribution in [3.63, 3.8) is 0 Å². The summed E-state index contributed by atoms with van der Waals surface area (Å²) in [5.74, 6) is 1.12. The lowest BCUT2D eigenvalue weighted by Crippen LogP contribution is -2.13. The molecular weight excluding hydrogens is 312 g/mol. The SMILES string of the molecule is CCCCCC(C)CCCCCCCC(C)COS(=O)(=O)OC. The lowest BCUT2D eigenvalue weighted by molar-refractivity contribution is 0.207. The zero-order chi connectivity index (χ0) is 17.6. The number of rotatable bonds is 16. The van der Waals surface area contributed by atoms with E-state index in [2.05, 4.69) is 18.0 Å². The third-order valence-corrected chi connectivity index (χ3v) is 5.23. The third-order valence-electron chi connectivity index (χ3n) is 4.40. The van der Waals surface area contributed by atoms with Crippen molar-refractivity contribution in [3.05, 3.63) is 0 Å². The van der Waals surface area contributed by atoms with Gasteiger partial charge in [0, 0.05) is 0 Å². The predicted octanol–water partition coefficient (Wildman–Crippen LogP) is 5.48. The fraction of sp³-hybridized carbons (Fsp3) is 1.00. The van der Waals surface area contributed by atoms with Gasteiger partial charge in [0.15, 0.2) is 0 Å². The molecule has 0 rings (SSSR count). The van der Waals surface area contributed by atoms with Crippen molar-refractivity contribution in [1.82, 2.24) is 0 Å². The van der Waals surface area contributed by atoms with Gasteiger partial charge in [0.25, 0.3) is 0 Å². The van der Waals surface area contributed by atoms with E-state index in [0.717, 1.165) is 25.9 Å². The van der Waals surface area contributed by atoms with Crippen molar-refractivity contribution < 1.29 is 16.8 Å². The zero-order valence-electron chi connectivity index (χ0n) is 15.7. The summed E-state index contributed by atoms with van der Waals surface area (Å²) in [4.78, 5) is 0. The summed E-state index contributed by atoms with van der Waals surface area (Å²) in [7, 11) is -2.66. The Morgan fingerprint density at radius 3 is 1.78 bits per heavy atom. The predicted molar refractivity (Wildman–Crippen MR) is 96.7 cm³/mol. The number of hydrogen-bond acceptors (Lipinski definition) is 4. The van der Waals surface area contributed by atoms with Crippen LogP contribution in [0.4, 0.5) is 0 Å². The molecule has 23 heavy (non-hydrogen) atoms. The number of hydrogen-bond donors (Lipinski definition) is 0. The van der Waals surface area contributed by atoms with E-state index in [1.807, 2.05) is 6.92 Å². The Kier molecular flexibility index (Phi) is 14.2. The topological polar surface area (TPSA) is 52.6 Å². The van der Waals surface area contributed by atoms with Crippen LogP contribution in [0.3, 0.4) is 0 Å². The maximum atomic E-state index is 11.0. The highest BCUT2D eigenvalue weighted by molar-refractivity contribution is 7.81. The highest BCUT2D eigenvalue weighted by Gasteiger charge is 2.11. The molecule has 0 N–H and O–H groups in total. The molecule has 0 aromatic heterocycles. The summed E-state index contributed by atoms with van der Waals surface area (Å²) in [5.41, 5.74) is 0. The first-order valence-corrected chi connectivity index (χ1v) is 10.7. The van der Waals surface area contributed by atoms with Crippen LogP contribution in [0.1, 0.15) is 91.4 Å². The van der Waals surface area contributed by atoms with Gasteiger partial charge >= 0.3 is 10.4 Å². The van der Waals surface area contributed by atoms with Crippen LogP contribution in [0.15, 0.2) is 0 Å². The van der Waals surface area contributed by atoms with Crippen LogP contribution in [-0.4, -0.2) is 22.1 Å². The molecule has 0 heterocycles. The lowest BCUT2D eigenvalue weighted by Gasteiger charge is -2.12. The molecule has 0 aliphatic heterocycles. The van der Waals surface area contributed by atoms with E-state index in [1.165, 1.54) is 57.8 Å². The molecule has 140 valence electrons. The fourth-order valence-electron chi connectivity index (χ4n) is 2.73. The molecule has 0 aliphatic rings. The van der Waals surface area contributed by atoms with Gasteiger partial charge in [-0.1, -0.05) is 85.0 Å². The molecular formula is C18H38O4S. The normalized spacial score (nSPS) is 14.8. The van der Waals surface area contributed by atoms with Crippen LogP contribution in [-0.2, 0) is 18.8 Å². The molecule has 0 amide bonds. The Bertz CT molecular complexity index is 354. The van der Waals surface area contributed by atoms with Crippen LogP contribution in [0.5, 0.6) is 0 Å². The fourth-order valence-corrected chi connectivity index (χ4v) is 3.23. The van der Waals surface area contributed by atoms with Crippen molar-refractivity contribution in [2.75, 3.05) is 13.7 Å². The molecule has 0 aliphatic carbocycles. The summed E-state index contributed by atoms with van der Waals surface area (Å²) >= 11 is 0. The number of unbranched alkanes of at least 4 members (excludes halogenated alkanes) is 6. The van der Waals surface area contributed by atoms with Crippen LogP contribution in [0.25, 0.3) is 0 Å². The van der Waals surface area contributed by atoms with Gasteiger partial charge in [0.2, 0.25) is 0 Å². The molecule has 0 bridgehead atoms. The van der Waals surface area contributed by atoms with Gasteiger partial charge in [0.05, 0.1) is 13.7 Å². The van der Waals surface area contributed by atoms with Crippen molar-refractivity contribution in [2.45, 2.75) is 91.4 Å². The molecule has 0 radical (unpaired) electrons. The second-order valence-corrected chi connectivity index (χ2v) is 8.30. The highest BCUT2D eigenvalue weighted by Crippen LogP contribution is 2.18. The molecule has 2 unspecified atom stereocenters. The van der Waals surface area contributed by atoms with Crippen molar-refractivity contribution in [3.8, 4) is 0 Å². The van der Waals surface area contributed by atoms with Crippen LogP contribution < -0.4 is 0 Å². The average Bonchev–Trinajstić information content (AvgIpc) is 2.52. The summed E-state index contributed by atoms with van der Waals surface area (Å²) in [6.07, 6.45) is 14.1. The second-order valence-electron chi connectivity index (χ2n) is 6.91. The maximum Gasteiger partial charge on any atom is 0.399 e. The monoisotopic (exact) mass is 350 g/mol. The van der Waals surface area contributed by atoms with E-state index in [0.29, 0.717) is 0 Å². The van der Waals surface area contributed by atoms with Gasteiger partial charge in [-0.05, 0) is 18.3 Å². The van der Waals surface area contributed by atoms with Gasteiger partial charge in [-0.25, -0.2) is 4.18 Å². The van der Waals surface area contributed by atoms with E-state index in [-0.39, 0.29) is 12.5 Å². The van der Waals surface area contributed by atoms with Crippen LogP contribution >= 0.6 is 0 Å². The lowest BCUT2D eigenvalue weighted by atomic mass is 9.96. The van der Waals surface area contributed by atoms with Crippen molar-refractivity contribution >= 4 is 10.4 Å². The summed E-state index contributed by atoms with van der Waals surface area (Å²) in [5, 5.41) is 0. The molecule has 0 aromatic carbocycles. The quantitative estimate of drug-likeness (QED) is 0.346. The smallest absolute Gasteiger partial charge is 0.252 e. The Morgan fingerprint density at radius 2 is 1.26 bits per heavy atom. The highest BCUT2D eigenvalue weighted by atomic mass is 32.3. The first-order valence-electron chi connectivity index (χ1n) is 9.36. The Labute approximate surface area is 144 Å². The zero-order valence-corrected chi connectivity index (χ0v) is 16.5. The summed E-state index contributed by atoms with van der Waals surface area (Å²) in [6, 6.07) is 0. The van der Waals surface area contributed by atoms with Crippen LogP contribution in [0.2, 0.25) is 0 Å². The van der Waals surface area contributed by atoms with E-state index in [4.69, 9.17) is 4.18 Å². The molecule has 0 spiro atoms. The molecule has 5 heteroatoms. The van der Waals surface area contributed by atoms with E-state index in [9.17, 15) is 8.42 Å². The first-order chi connectivity index (χ1) is 10.9. The molecule has 0 saturated carbocycles. The average molecular weight is 351 g/mol. The van der Waals surface area contributed by atoms with Crippen molar-refractivity contribution in [1.29, 1.82) is 0 Å². The molecule has 0 saturated heterocycles. The van der Waals surface area contributed by atoms with Crippen molar-refractivity contribution in [2.24, 2.45) is 11.8 Å². The van der Waals surface area contributed by atoms with E-state index in [1.54, 1.807) is 0 Å². The van der Waals surface area contributed by atoms with E-state index >= 15 is 0 Å². The Hall–Kier alpha value is -0.130. The van der Waals surface area contributed by atoms with Gasteiger partial charge in [-0.2, -0.15) is 8.42 Å².